The summed E-state index contributed by atoms with van der Waals surface area (Å²) in [5, 5.41) is 1.10. The van der Waals surface area contributed by atoms with Crippen LogP contribution in [0, 0.1) is 0 Å². The van der Waals surface area contributed by atoms with E-state index in [0.717, 1.165) is 25.9 Å². The maximum atomic E-state index is 12.7. The summed E-state index contributed by atoms with van der Waals surface area (Å²) in [6, 6.07) is 8.48. The Morgan fingerprint density at radius 3 is 2.58 bits per heavy atom. The van der Waals surface area contributed by atoms with E-state index in [9.17, 15) is 4.79 Å². The predicted octanol–water partition coefficient (Wildman–Crippen LogP) is 6.08. The SMILES string of the molecule is O=C(c1ccc2oc(-c3cc(Cl)cc(Cl)c3Cl)nc2c1)N1CCCCC1. The number of hydrogen-bond donors (Lipinski definition) is 0. The topological polar surface area (TPSA) is 46.3 Å². The molecule has 1 fully saturated rings. The summed E-state index contributed by atoms with van der Waals surface area (Å²) in [6.45, 7) is 1.61. The smallest absolute Gasteiger partial charge is 0.253 e. The molecule has 0 radical (unpaired) electrons. The number of halogens is 3. The maximum absolute atomic E-state index is 12.7. The van der Waals surface area contributed by atoms with Crippen molar-refractivity contribution in [1.82, 2.24) is 9.88 Å². The molecule has 4 nitrogen and oxygen atoms in total. The molecule has 0 spiro atoms. The Morgan fingerprint density at radius 2 is 1.81 bits per heavy atom. The predicted molar refractivity (Wildman–Crippen MR) is 104 cm³/mol. The summed E-state index contributed by atoms with van der Waals surface area (Å²) in [5.74, 6) is 0.344. The summed E-state index contributed by atoms with van der Waals surface area (Å²) < 4.78 is 5.79. The van der Waals surface area contributed by atoms with Gasteiger partial charge in [-0.05, 0) is 49.6 Å². The van der Waals surface area contributed by atoms with Crippen molar-refractivity contribution in [3.8, 4) is 11.5 Å². The number of oxazole rings is 1. The van der Waals surface area contributed by atoms with Crippen LogP contribution in [0.5, 0.6) is 0 Å². The van der Waals surface area contributed by atoms with Gasteiger partial charge in [-0.2, -0.15) is 0 Å². The molecule has 1 aliphatic heterocycles. The highest BCUT2D eigenvalue weighted by atomic mass is 35.5. The second-order valence-electron chi connectivity index (χ2n) is 6.30. The zero-order valence-corrected chi connectivity index (χ0v) is 16.0. The van der Waals surface area contributed by atoms with Crippen LogP contribution in [0.3, 0.4) is 0 Å². The normalized spacial score (nSPS) is 14.8. The van der Waals surface area contributed by atoms with Crippen molar-refractivity contribution in [1.29, 1.82) is 0 Å². The van der Waals surface area contributed by atoms with E-state index in [2.05, 4.69) is 4.98 Å². The molecule has 2 heterocycles. The number of aromatic nitrogens is 1. The standard InChI is InChI=1S/C19H15Cl3N2O2/c20-12-9-13(17(22)14(21)10-12)18-23-15-8-11(4-5-16(15)26-18)19(25)24-6-2-1-3-7-24/h4-5,8-10H,1-3,6-7H2. The molecule has 0 unspecified atom stereocenters. The van der Waals surface area contributed by atoms with Gasteiger partial charge in [0.25, 0.3) is 5.91 Å². The fourth-order valence-corrected chi connectivity index (χ4v) is 3.85. The van der Waals surface area contributed by atoms with Gasteiger partial charge in [0.15, 0.2) is 5.58 Å². The van der Waals surface area contributed by atoms with E-state index in [1.807, 2.05) is 4.90 Å². The lowest BCUT2D eigenvalue weighted by molar-refractivity contribution is 0.0724. The molecule has 0 bridgehead atoms. The van der Waals surface area contributed by atoms with Gasteiger partial charge in [0, 0.05) is 23.7 Å². The molecule has 4 rings (SSSR count). The highest BCUT2D eigenvalue weighted by Gasteiger charge is 2.20. The number of carbonyl (C=O) groups excluding carboxylic acids is 1. The number of hydrogen-bond acceptors (Lipinski definition) is 3. The van der Waals surface area contributed by atoms with Crippen molar-refractivity contribution < 1.29 is 9.21 Å². The average Bonchev–Trinajstić information content (AvgIpc) is 3.07. The Kier molecular flexibility index (Phi) is 4.82. The number of carbonyl (C=O) groups is 1. The Balaban J connectivity index is 1.71. The van der Waals surface area contributed by atoms with Gasteiger partial charge in [-0.3, -0.25) is 4.79 Å². The van der Waals surface area contributed by atoms with Gasteiger partial charge in [-0.15, -0.1) is 0 Å². The zero-order valence-electron chi connectivity index (χ0n) is 13.8. The van der Waals surface area contributed by atoms with Crippen LogP contribution in [0.2, 0.25) is 15.1 Å². The minimum Gasteiger partial charge on any atom is -0.436 e. The van der Waals surface area contributed by atoms with E-state index in [1.165, 1.54) is 6.42 Å². The summed E-state index contributed by atoms with van der Waals surface area (Å²) in [6.07, 6.45) is 3.28. The number of fused-ring (bicyclic) bond motifs is 1. The first-order valence-corrected chi connectivity index (χ1v) is 9.51. The lowest BCUT2D eigenvalue weighted by atomic mass is 10.1. The molecule has 2 aromatic carbocycles. The molecule has 1 aromatic heterocycles. The number of nitrogens with zero attached hydrogens (tertiary/aromatic N) is 2. The van der Waals surface area contributed by atoms with Crippen molar-refractivity contribution in [2.45, 2.75) is 19.3 Å². The molecule has 0 aliphatic carbocycles. The Labute approximate surface area is 165 Å². The molecule has 0 atom stereocenters. The van der Waals surface area contributed by atoms with Crippen LogP contribution in [-0.2, 0) is 0 Å². The minimum absolute atomic E-state index is 0.0278. The number of amides is 1. The first-order chi connectivity index (χ1) is 12.5. The Hall–Kier alpha value is -1.75. The van der Waals surface area contributed by atoms with Gasteiger partial charge in [0.2, 0.25) is 5.89 Å². The number of piperidine rings is 1. The third-order valence-corrected chi connectivity index (χ3v) is 5.52. The number of rotatable bonds is 2. The van der Waals surface area contributed by atoms with Gasteiger partial charge in [0.1, 0.15) is 5.52 Å². The largest absolute Gasteiger partial charge is 0.436 e. The first kappa shape index (κ1) is 17.7. The van der Waals surface area contributed by atoms with Crippen molar-refractivity contribution in [3.63, 3.8) is 0 Å². The van der Waals surface area contributed by atoms with E-state index in [-0.39, 0.29) is 5.91 Å². The van der Waals surface area contributed by atoms with Crippen LogP contribution >= 0.6 is 34.8 Å². The van der Waals surface area contributed by atoms with Crippen LogP contribution in [-0.4, -0.2) is 28.9 Å². The molecular weight excluding hydrogens is 395 g/mol. The Bertz CT molecular complexity index is 994. The fourth-order valence-electron chi connectivity index (χ4n) is 3.17. The quantitative estimate of drug-likeness (QED) is 0.482. The molecule has 7 heteroatoms. The number of likely N-dealkylation sites (tertiary alicyclic amines) is 1. The van der Waals surface area contributed by atoms with Crippen molar-refractivity contribution in [3.05, 3.63) is 51.0 Å². The second-order valence-corrected chi connectivity index (χ2v) is 7.53. The summed E-state index contributed by atoms with van der Waals surface area (Å²) >= 11 is 18.4. The second kappa shape index (κ2) is 7.10. The highest BCUT2D eigenvalue weighted by Crippen LogP contribution is 2.37. The lowest BCUT2D eigenvalue weighted by Crippen LogP contribution is -2.35. The van der Waals surface area contributed by atoms with Gasteiger partial charge < -0.3 is 9.32 Å². The third-order valence-electron chi connectivity index (χ3n) is 4.50. The molecule has 134 valence electrons. The van der Waals surface area contributed by atoms with Crippen LogP contribution < -0.4 is 0 Å². The van der Waals surface area contributed by atoms with Crippen LogP contribution in [0.15, 0.2) is 34.7 Å². The van der Waals surface area contributed by atoms with Gasteiger partial charge in [0.05, 0.1) is 15.6 Å². The fraction of sp³-hybridized carbons (Fsp3) is 0.263. The van der Waals surface area contributed by atoms with E-state index in [4.69, 9.17) is 39.2 Å². The Morgan fingerprint density at radius 1 is 1.04 bits per heavy atom. The maximum Gasteiger partial charge on any atom is 0.253 e. The summed E-state index contributed by atoms with van der Waals surface area (Å²) in [7, 11) is 0. The van der Waals surface area contributed by atoms with Gasteiger partial charge in [-0.1, -0.05) is 34.8 Å². The zero-order chi connectivity index (χ0) is 18.3. The molecule has 1 amide bonds. The average molecular weight is 410 g/mol. The van der Waals surface area contributed by atoms with E-state index < -0.39 is 0 Å². The van der Waals surface area contributed by atoms with Crippen LogP contribution in [0.1, 0.15) is 29.6 Å². The van der Waals surface area contributed by atoms with Crippen LogP contribution in [0.4, 0.5) is 0 Å². The van der Waals surface area contributed by atoms with E-state index in [1.54, 1.807) is 30.3 Å². The van der Waals surface area contributed by atoms with E-state index >= 15 is 0 Å². The van der Waals surface area contributed by atoms with E-state index in [0.29, 0.717) is 43.2 Å². The molecule has 0 N–H and O–H groups in total. The van der Waals surface area contributed by atoms with Crippen molar-refractivity contribution in [2.75, 3.05) is 13.1 Å². The molecular formula is C19H15Cl3N2O2. The lowest BCUT2D eigenvalue weighted by Gasteiger charge is -2.26. The highest BCUT2D eigenvalue weighted by molar-refractivity contribution is 6.44. The van der Waals surface area contributed by atoms with Crippen molar-refractivity contribution in [2.24, 2.45) is 0 Å². The summed E-state index contributed by atoms with van der Waals surface area (Å²) in [5.41, 5.74) is 2.29. The molecule has 26 heavy (non-hydrogen) atoms. The number of benzene rings is 2. The monoisotopic (exact) mass is 408 g/mol. The van der Waals surface area contributed by atoms with Crippen LogP contribution in [0.25, 0.3) is 22.6 Å². The first-order valence-electron chi connectivity index (χ1n) is 8.38. The third kappa shape index (κ3) is 3.29. The van der Waals surface area contributed by atoms with Gasteiger partial charge >= 0.3 is 0 Å². The molecule has 1 saturated heterocycles. The molecule has 3 aromatic rings. The molecule has 1 aliphatic rings. The summed E-state index contributed by atoms with van der Waals surface area (Å²) in [4.78, 5) is 19.0. The minimum atomic E-state index is 0.0278. The molecule has 0 saturated carbocycles. The van der Waals surface area contributed by atoms with Gasteiger partial charge in [-0.25, -0.2) is 4.98 Å². The van der Waals surface area contributed by atoms with Crippen molar-refractivity contribution >= 4 is 51.8 Å².